The van der Waals surface area contributed by atoms with E-state index in [1.54, 1.807) is 6.07 Å². The highest BCUT2D eigenvalue weighted by Gasteiger charge is 2.46. The van der Waals surface area contributed by atoms with Crippen LogP contribution in [0.1, 0.15) is 24.0 Å². The molecule has 182 valence electrons. The second-order valence-corrected chi connectivity index (χ2v) is 9.50. The Labute approximate surface area is 219 Å². The molecule has 0 saturated heterocycles. The van der Waals surface area contributed by atoms with Crippen molar-refractivity contribution in [1.29, 1.82) is 0 Å². The van der Waals surface area contributed by atoms with Crippen molar-refractivity contribution >= 4 is 28.9 Å². The fourth-order valence-corrected chi connectivity index (χ4v) is 4.57. The number of alkyl carbamates (subject to hydrolysis) is 1. The number of nitrogens with zero attached hydrogens (tertiary/aromatic N) is 3. The van der Waals surface area contributed by atoms with E-state index >= 15 is 0 Å². The van der Waals surface area contributed by atoms with Crippen LogP contribution in [0.5, 0.6) is 0 Å². The van der Waals surface area contributed by atoms with Crippen molar-refractivity contribution in [1.82, 2.24) is 20.3 Å². The van der Waals surface area contributed by atoms with Crippen molar-refractivity contribution in [3.63, 3.8) is 0 Å². The summed E-state index contributed by atoms with van der Waals surface area (Å²) in [6.07, 6.45) is 1.32. The lowest BCUT2D eigenvalue weighted by Gasteiger charge is -2.18. The van der Waals surface area contributed by atoms with Crippen molar-refractivity contribution < 1.29 is 9.53 Å². The summed E-state index contributed by atoms with van der Waals surface area (Å²) in [5.41, 5.74) is 6.13. The van der Waals surface area contributed by atoms with Crippen molar-refractivity contribution in [3.05, 3.63) is 113 Å². The molecule has 5 aromatic rings. The summed E-state index contributed by atoms with van der Waals surface area (Å²) in [5, 5.41) is 3.45. The van der Waals surface area contributed by atoms with Crippen LogP contribution >= 0.6 is 11.6 Å². The standard InChI is InChI=1S/C30H23ClN4O2/c31-25-16-15-24-28(33-25)34-27(21-9-5-2-6-10-21)26(32-24)22-11-13-23(14-12-22)30(17-18-30)35-29(36)37-19-20-7-3-1-4-8-20/h1-16H,17-19H2,(H,35,36). The Morgan fingerprint density at radius 3 is 2.14 bits per heavy atom. The van der Waals surface area contributed by atoms with Crippen LogP contribution in [-0.2, 0) is 16.9 Å². The molecule has 3 aromatic carbocycles. The Bertz CT molecular complexity index is 1570. The van der Waals surface area contributed by atoms with Gasteiger partial charge in [-0.3, -0.25) is 0 Å². The normalized spacial score (nSPS) is 13.8. The van der Waals surface area contributed by atoms with Crippen LogP contribution in [0.3, 0.4) is 0 Å². The summed E-state index contributed by atoms with van der Waals surface area (Å²) in [4.78, 5) is 26.6. The van der Waals surface area contributed by atoms with E-state index in [-0.39, 0.29) is 6.61 Å². The Morgan fingerprint density at radius 2 is 1.43 bits per heavy atom. The van der Waals surface area contributed by atoms with Gasteiger partial charge in [0, 0.05) is 11.1 Å². The molecule has 0 aliphatic heterocycles. The number of aromatic nitrogens is 3. The van der Waals surface area contributed by atoms with Crippen molar-refractivity contribution in [2.75, 3.05) is 0 Å². The molecule has 0 radical (unpaired) electrons. The molecule has 37 heavy (non-hydrogen) atoms. The molecule has 0 atom stereocenters. The minimum atomic E-state index is -0.414. The molecule has 6 rings (SSSR count). The summed E-state index contributed by atoms with van der Waals surface area (Å²) in [6.45, 7) is 0.241. The molecule has 1 aliphatic rings. The van der Waals surface area contributed by atoms with E-state index in [9.17, 15) is 4.79 Å². The fourth-order valence-electron chi connectivity index (χ4n) is 4.43. The number of pyridine rings is 1. The molecule has 7 heteroatoms. The summed E-state index contributed by atoms with van der Waals surface area (Å²) in [5.74, 6) is 0. The number of amides is 1. The Balaban J connectivity index is 1.27. The SMILES string of the molecule is O=C(NC1(c2ccc(-c3nc4ccc(Cl)nc4nc3-c3ccccc3)cc2)CC1)OCc1ccccc1. The van der Waals surface area contributed by atoms with E-state index < -0.39 is 11.6 Å². The van der Waals surface area contributed by atoms with Gasteiger partial charge in [0.15, 0.2) is 5.65 Å². The predicted octanol–water partition coefficient (Wildman–Crippen LogP) is 6.93. The zero-order chi connectivity index (χ0) is 25.2. The Morgan fingerprint density at radius 1 is 0.784 bits per heavy atom. The van der Waals surface area contributed by atoms with E-state index in [0.29, 0.717) is 16.3 Å². The number of rotatable bonds is 6. The van der Waals surface area contributed by atoms with Gasteiger partial charge in [-0.25, -0.2) is 19.7 Å². The van der Waals surface area contributed by atoms with Gasteiger partial charge >= 0.3 is 6.09 Å². The quantitative estimate of drug-likeness (QED) is 0.253. The number of hydrogen-bond acceptors (Lipinski definition) is 5. The number of halogens is 1. The first-order valence-corrected chi connectivity index (χ1v) is 12.5. The molecule has 0 unspecified atom stereocenters. The van der Waals surface area contributed by atoms with Gasteiger partial charge in [-0.15, -0.1) is 0 Å². The first kappa shape index (κ1) is 23.1. The predicted molar refractivity (Wildman–Crippen MR) is 144 cm³/mol. The smallest absolute Gasteiger partial charge is 0.408 e. The minimum absolute atomic E-state index is 0.241. The first-order valence-electron chi connectivity index (χ1n) is 12.1. The molecule has 1 saturated carbocycles. The second kappa shape index (κ2) is 9.64. The number of benzene rings is 3. The maximum Gasteiger partial charge on any atom is 0.408 e. The van der Waals surface area contributed by atoms with Crippen LogP contribution in [0, 0.1) is 0 Å². The third-order valence-electron chi connectivity index (χ3n) is 6.56. The van der Waals surface area contributed by atoms with Gasteiger partial charge in [-0.05, 0) is 36.1 Å². The monoisotopic (exact) mass is 506 g/mol. The average Bonchev–Trinajstić information content (AvgIpc) is 3.73. The molecule has 6 nitrogen and oxygen atoms in total. The number of carbonyl (C=O) groups excluding carboxylic acids is 1. The fraction of sp³-hybridized carbons (Fsp3) is 0.133. The van der Waals surface area contributed by atoms with Gasteiger partial charge in [-0.2, -0.15) is 0 Å². The third-order valence-corrected chi connectivity index (χ3v) is 6.77. The highest BCUT2D eigenvalue weighted by molar-refractivity contribution is 6.29. The van der Waals surface area contributed by atoms with E-state index in [0.717, 1.165) is 46.5 Å². The lowest BCUT2D eigenvalue weighted by atomic mass is 9.99. The lowest BCUT2D eigenvalue weighted by molar-refractivity contribution is 0.134. The third kappa shape index (κ3) is 4.88. The molecule has 2 aromatic heterocycles. The van der Waals surface area contributed by atoms with Gasteiger partial charge in [0.1, 0.15) is 17.3 Å². The van der Waals surface area contributed by atoms with Crippen LogP contribution in [0.15, 0.2) is 97.1 Å². The van der Waals surface area contributed by atoms with Crippen molar-refractivity contribution in [2.45, 2.75) is 25.0 Å². The van der Waals surface area contributed by atoms with Gasteiger partial charge < -0.3 is 10.1 Å². The molecule has 1 fully saturated rings. The van der Waals surface area contributed by atoms with Crippen molar-refractivity contribution in [3.8, 4) is 22.5 Å². The molecule has 1 amide bonds. The maximum absolute atomic E-state index is 12.5. The number of hydrogen-bond donors (Lipinski definition) is 1. The van der Waals surface area contributed by atoms with E-state index in [2.05, 4.69) is 10.3 Å². The zero-order valence-corrected chi connectivity index (χ0v) is 20.7. The topological polar surface area (TPSA) is 77.0 Å². The Kier molecular flexibility index (Phi) is 6.02. The summed E-state index contributed by atoms with van der Waals surface area (Å²) < 4.78 is 5.45. The van der Waals surface area contributed by atoms with E-state index in [1.807, 2.05) is 91.0 Å². The molecule has 1 aliphatic carbocycles. The molecular formula is C30H23ClN4O2. The molecule has 2 heterocycles. The van der Waals surface area contributed by atoms with Crippen LogP contribution in [-0.4, -0.2) is 21.0 Å². The average molecular weight is 507 g/mol. The number of carbonyl (C=O) groups is 1. The van der Waals surface area contributed by atoms with Gasteiger partial charge in [0.2, 0.25) is 0 Å². The second-order valence-electron chi connectivity index (χ2n) is 9.11. The number of ether oxygens (including phenoxy) is 1. The highest BCUT2D eigenvalue weighted by Crippen LogP contribution is 2.46. The summed E-state index contributed by atoms with van der Waals surface area (Å²) in [7, 11) is 0. The van der Waals surface area contributed by atoms with E-state index in [1.165, 1.54) is 0 Å². The summed E-state index contributed by atoms with van der Waals surface area (Å²) in [6, 6.07) is 31.2. The molecular weight excluding hydrogens is 484 g/mol. The first-order chi connectivity index (χ1) is 18.1. The molecule has 0 spiro atoms. The highest BCUT2D eigenvalue weighted by atomic mass is 35.5. The number of fused-ring (bicyclic) bond motifs is 1. The van der Waals surface area contributed by atoms with Crippen LogP contribution in [0.4, 0.5) is 4.79 Å². The van der Waals surface area contributed by atoms with Gasteiger partial charge in [0.05, 0.1) is 16.9 Å². The van der Waals surface area contributed by atoms with Crippen LogP contribution < -0.4 is 5.32 Å². The maximum atomic E-state index is 12.5. The minimum Gasteiger partial charge on any atom is -0.445 e. The largest absolute Gasteiger partial charge is 0.445 e. The van der Waals surface area contributed by atoms with Crippen molar-refractivity contribution in [2.24, 2.45) is 0 Å². The molecule has 0 bridgehead atoms. The van der Waals surface area contributed by atoms with Gasteiger partial charge in [-0.1, -0.05) is 96.5 Å². The van der Waals surface area contributed by atoms with Gasteiger partial charge in [0.25, 0.3) is 0 Å². The van der Waals surface area contributed by atoms with Crippen LogP contribution in [0.25, 0.3) is 33.7 Å². The Hall–Kier alpha value is -4.29. The molecule has 1 N–H and O–H groups in total. The van der Waals surface area contributed by atoms with E-state index in [4.69, 9.17) is 26.3 Å². The zero-order valence-electron chi connectivity index (χ0n) is 19.9. The van der Waals surface area contributed by atoms with Crippen LogP contribution in [0.2, 0.25) is 5.15 Å². The number of nitrogens with one attached hydrogen (secondary N) is 1. The summed E-state index contributed by atoms with van der Waals surface area (Å²) >= 11 is 6.11. The lowest BCUT2D eigenvalue weighted by Crippen LogP contribution is -2.35.